The van der Waals surface area contributed by atoms with Crippen molar-refractivity contribution < 1.29 is 9.84 Å². The van der Waals surface area contributed by atoms with Gasteiger partial charge in [-0.2, -0.15) is 0 Å². The van der Waals surface area contributed by atoms with Crippen molar-refractivity contribution >= 4 is 0 Å². The van der Waals surface area contributed by atoms with Gasteiger partial charge in [0.15, 0.2) is 0 Å². The van der Waals surface area contributed by atoms with Crippen molar-refractivity contribution in [1.29, 1.82) is 0 Å². The van der Waals surface area contributed by atoms with Crippen LogP contribution in [-0.4, -0.2) is 10.1 Å². The van der Waals surface area contributed by atoms with Gasteiger partial charge in [0.2, 0.25) is 0 Å². The van der Waals surface area contributed by atoms with Gasteiger partial charge >= 0.3 is 0 Å². The van der Waals surface area contributed by atoms with Crippen LogP contribution in [0.15, 0.2) is 42.6 Å². The number of pyridine rings is 1. The molecule has 0 unspecified atom stereocenters. The van der Waals surface area contributed by atoms with Crippen LogP contribution in [0.5, 0.6) is 11.5 Å². The van der Waals surface area contributed by atoms with Gasteiger partial charge in [-0.15, -0.1) is 0 Å². The van der Waals surface area contributed by atoms with E-state index in [1.807, 2.05) is 44.2 Å². The quantitative estimate of drug-likeness (QED) is 0.891. The van der Waals surface area contributed by atoms with Crippen LogP contribution in [0.4, 0.5) is 0 Å². The predicted molar refractivity (Wildman–Crippen MR) is 70.7 cm³/mol. The maximum absolute atomic E-state index is 9.64. The minimum Gasteiger partial charge on any atom is -0.456 e. The Bertz CT molecular complexity index is 491. The van der Waals surface area contributed by atoms with Gasteiger partial charge in [-0.1, -0.05) is 24.6 Å². The molecule has 0 spiro atoms. The third-order valence-electron chi connectivity index (χ3n) is 2.74. The van der Waals surface area contributed by atoms with E-state index >= 15 is 0 Å². The molecule has 2 rings (SSSR count). The molecule has 0 saturated carbocycles. The second kappa shape index (κ2) is 5.65. The van der Waals surface area contributed by atoms with Gasteiger partial charge in [0.25, 0.3) is 0 Å². The van der Waals surface area contributed by atoms with Crippen molar-refractivity contribution in [1.82, 2.24) is 4.98 Å². The smallest absolute Gasteiger partial charge is 0.145 e. The predicted octanol–water partition coefficient (Wildman–Crippen LogP) is 3.63. The third-order valence-corrected chi connectivity index (χ3v) is 2.74. The summed E-state index contributed by atoms with van der Waals surface area (Å²) in [5, 5.41) is 9.64. The number of hydrogen-bond acceptors (Lipinski definition) is 3. The Kier molecular flexibility index (Phi) is 3.95. The number of hydrogen-bond donors (Lipinski definition) is 1. The van der Waals surface area contributed by atoms with E-state index in [1.54, 1.807) is 12.3 Å². The van der Waals surface area contributed by atoms with E-state index in [-0.39, 0.29) is 0 Å². The van der Waals surface area contributed by atoms with E-state index in [4.69, 9.17) is 4.74 Å². The molecule has 1 heterocycles. The highest BCUT2D eigenvalue weighted by atomic mass is 16.5. The van der Waals surface area contributed by atoms with Crippen molar-refractivity contribution in [3.8, 4) is 11.5 Å². The molecule has 1 atom stereocenters. The van der Waals surface area contributed by atoms with Crippen molar-refractivity contribution in [3.05, 3.63) is 53.9 Å². The number of aliphatic hydroxyl groups excluding tert-OH is 1. The molecular formula is C15H17NO2. The van der Waals surface area contributed by atoms with Crippen LogP contribution in [-0.2, 0) is 0 Å². The molecule has 0 aliphatic heterocycles. The Morgan fingerprint density at radius 1 is 1.11 bits per heavy atom. The van der Waals surface area contributed by atoms with Crippen LogP contribution >= 0.6 is 0 Å². The Morgan fingerprint density at radius 2 is 1.78 bits per heavy atom. The van der Waals surface area contributed by atoms with Crippen molar-refractivity contribution in [2.75, 3.05) is 0 Å². The monoisotopic (exact) mass is 243 g/mol. The lowest BCUT2D eigenvalue weighted by Gasteiger charge is -2.09. The minimum absolute atomic E-state index is 0.501. The van der Waals surface area contributed by atoms with E-state index in [0.717, 1.165) is 5.75 Å². The summed E-state index contributed by atoms with van der Waals surface area (Å²) in [5.41, 5.74) is 1.87. The SMILES string of the molecule is CC[C@@H](O)c1ccc(Oc2ccc(C)cc2)cn1. The first-order chi connectivity index (χ1) is 8.69. The second-order valence-corrected chi connectivity index (χ2v) is 4.26. The maximum Gasteiger partial charge on any atom is 0.145 e. The lowest BCUT2D eigenvalue weighted by molar-refractivity contribution is 0.169. The molecule has 0 saturated heterocycles. The number of aromatic nitrogens is 1. The molecule has 94 valence electrons. The average molecular weight is 243 g/mol. The summed E-state index contributed by atoms with van der Waals surface area (Å²) in [6.07, 6.45) is 1.79. The van der Waals surface area contributed by atoms with E-state index < -0.39 is 6.10 Å². The molecular weight excluding hydrogens is 226 g/mol. The standard InChI is InChI=1S/C15H17NO2/c1-3-15(17)14-9-8-13(10-16-14)18-12-6-4-11(2)5-7-12/h4-10,15,17H,3H2,1-2H3/t15-/m1/s1. The Balaban J connectivity index is 2.08. The Labute approximate surface area is 107 Å². The van der Waals surface area contributed by atoms with Crippen LogP contribution in [0.1, 0.15) is 30.7 Å². The first-order valence-electron chi connectivity index (χ1n) is 6.07. The van der Waals surface area contributed by atoms with Crippen LogP contribution in [0, 0.1) is 6.92 Å². The van der Waals surface area contributed by atoms with Crippen molar-refractivity contribution in [3.63, 3.8) is 0 Å². The molecule has 0 bridgehead atoms. The molecule has 0 aliphatic rings. The molecule has 0 amide bonds. The lowest BCUT2D eigenvalue weighted by Crippen LogP contribution is -1.98. The summed E-state index contributed by atoms with van der Waals surface area (Å²) in [5.74, 6) is 1.46. The summed E-state index contributed by atoms with van der Waals surface area (Å²) < 4.78 is 5.66. The highest BCUT2D eigenvalue weighted by molar-refractivity contribution is 5.32. The van der Waals surface area contributed by atoms with Gasteiger partial charge in [-0.25, -0.2) is 0 Å². The molecule has 1 N–H and O–H groups in total. The number of aryl methyl sites for hydroxylation is 1. The maximum atomic E-state index is 9.64. The molecule has 2 aromatic rings. The summed E-state index contributed by atoms with van der Waals surface area (Å²) in [4.78, 5) is 4.19. The lowest BCUT2D eigenvalue weighted by atomic mass is 10.2. The number of nitrogens with zero attached hydrogens (tertiary/aromatic N) is 1. The van der Waals surface area contributed by atoms with Gasteiger partial charge < -0.3 is 9.84 Å². The van der Waals surface area contributed by atoms with Crippen LogP contribution < -0.4 is 4.74 Å². The summed E-state index contributed by atoms with van der Waals surface area (Å²) >= 11 is 0. The summed E-state index contributed by atoms with van der Waals surface area (Å²) in [6, 6.07) is 11.4. The zero-order valence-corrected chi connectivity index (χ0v) is 10.6. The molecule has 1 aromatic heterocycles. The number of ether oxygens (including phenoxy) is 1. The fourth-order valence-electron chi connectivity index (χ4n) is 1.60. The molecule has 0 fully saturated rings. The second-order valence-electron chi connectivity index (χ2n) is 4.26. The third kappa shape index (κ3) is 3.08. The van der Waals surface area contributed by atoms with Crippen molar-refractivity contribution in [2.45, 2.75) is 26.4 Å². The zero-order chi connectivity index (χ0) is 13.0. The van der Waals surface area contributed by atoms with Crippen LogP contribution in [0.3, 0.4) is 0 Å². The Hall–Kier alpha value is -1.87. The summed E-state index contributed by atoms with van der Waals surface area (Å²) in [7, 11) is 0. The number of aliphatic hydroxyl groups is 1. The van der Waals surface area contributed by atoms with Crippen LogP contribution in [0.25, 0.3) is 0 Å². The van der Waals surface area contributed by atoms with E-state index in [2.05, 4.69) is 4.98 Å². The highest BCUT2D eigenvalue weighted by Gasteiger charge is 2.06. The molecule has 1 aromatic carbocycles. The first kappa shape index (κ1) is 12.6. The molecule has 0 radical (unpaired) electrons. The zero-order valence-electron chi connectivity index (χ0n) is 10.6. The fourth-order valence-corrected chi connectivity index (χ4v) is 1.60. The normalized spacial score (nSPS) is 12.2. The summed E-state index contributed by atoms with van der Waals surface area (Å²) in [6.45, 7) is 3.95. The first-order valence-corrected chi connectivity index (χ1v) is 6.07. The number of rotatable bonds is 4. The largest absolute Gasteiger partial charge is 0.456 e. The molecule has 3 nitrogen and oxygen atoms in total. The van der Waals surface area contributed by atoms with E-state index in [0.29, 0.717) is 17.9 Å². The average Bonchev–Trinajstić information content (AvgIpc) is 2.41. The van der Waals surface area contributed by atoms with Crippen molar-refractivity contribution in [2.24, 2.45) is 0 Å². The van der Waals surface area contributed by atoms with E-state index in [1.165, 1.54) is 5.56 Å². The van der Waals surface area contributed by atoms with Gasteiger partial charge in [0.1, 0.15) is 11.5 Å². The fraction of sp³-hybridized carbons (Fsp3) is 0.267. The van der Waals surface area contributed by atoms with Gasteiger partial charge in [0.05, 0.1) is 18.0 Å². The van der Waals surface area contributed by atoms with Gasteiger partial charge in [-0.3, -0.25) is 4.98 Å². The molecule has 3 heteroatoms. The number of benzene rings is 1. The molecule has 18 heavy (non-hydrogen) atoms. The topological polar surface area (TPSA) is 42.4 Å². The van der Waals surface area contributed by atoms with Gasteiger partial charge in [0, 0.05) is 0 Å². The Morgan fingerprint density at radius 3 is 2.33 bits per heavy atom. The van der Waals surface area contributed by atoms with Crippen LogP contribution in [0.2, 0.25) is 0 Å². The minimum atomic E-state index is -0.501. The molecule has 0 aliphatic carbocycles. The van der Waals surface area contributed by atoms with E-state index in [9.17, 15) is 5.11 Å². The van der Waals surface area contributed by atoms with Gasteiger partial charge in [-0.05, 0) is 37.6 Å². The highest BCUT2D eigenvalue weighted by Crippen LogP contribution is 2.22.